The summed E-state index contributed by atoms with van der Waals surface area (Å²) in [5.74, 6) is 0.326. The molecule has 0 bridgehead atoms. The molecule has 0 saturated heterocycles. The van der Waals surface area contributed by atoms with Crippen LogP contribution in [0.3, 0.4) is 0 Å². The van der Waals surface area contributed by atoms with E-state index >= 15 is 0 Å². The first-order valence-corrected chi connectivity index (χ1v) is 19.9. The lowest BCUT2D eigenvalue weighted by atomic mass is 9.70. The first-order chi connectivity index (χ1) is 27.2. The summed E-state index contributed by atoms with van der Waals surface area (Å²) in [6.07, 6.45) is 14.8. The monoisotopic (exact) mass is 765 g/mol. The highest BCUT2D eigenvalue weighted by Gasteiger charge is 2.52. The van der Waals surface area contributed by atoms with Gasteiger partial charge in [-0.05, 0) is 116 Å². The van der Waals surface area contributed by atoms with Gasteiger partial charge in [-0.3, -0.25) is 0 Å². The molecule has 1 nitrogen and oxygen atoms in total. The van der Waals surface area contributed by atoms with Gasteiger partial charge in [0.2, 0.25) is 0 Å². The molecule has 2 unspecified atom stereocenters. The smallest absolute Gasteiger partial charge is 0.0726 e. The fourth-order valence-electron chi connectivity index (χ4n) is 9.73. The molecule has 11 rings (SSSR count). The normalized spacial score (nSPS) is 18.2. The van der Waals surface area contributed by atoms with Gasteiger partial charge in [0.25, 0.3) is 0 Å². The van der Waals surface area contributed by atoms with E-state index in [1.807, 2.05) is 0 Å². The van der Waals surface area contributed by atoms with Crippen LogP contribution in [0.25, 0.3) is 44.5 Å². The molecule has 0 amide bonds. The van der Waals surface area contributed by atoms with Gasteiger partial charge in [-0.25, -0.2) is 0 Å². The molecule has 7 aromatic rings. The van der Waals surface area contributed by atoms with E-state index in [0.29, 0.717) is 5.92 Å². The highest BCUT2D eigenvalue weighted by Crippen LogP contribution is 2.63. The minimum atomic E-state index is -0.459. The molecule has 1 spiro atoms. The van der Waals surface area contributed by atoms with Crippen molar-refractivity contribution in [2.24, 2.45) is 5.92 Å². The second-order valence-corrected chi connectivity index (χ2v) is 15.8. The third-order valence-electron chi connectivity index (χ3n) is 12.1. The Balaban J connectivity index is 1.21. The molecule has 0 heterocycles. The van der Waals surface area contributed by atoms with Crippen LogP contribution in [-0.2, 0) is 5.41 Å². The number of anilines is 2. The lowest BCUT2D eigenvalue weighted by molar-refractivity contribution is 0.763. The van der Waals surface area contributed by atoms with Crippen LogP contribution in [0.5, 0.6) is 0 Å². The van der Waals surface area contributed by atoms with Gasteiger partial charge in [-0.15, -0.1) is 0 Å². The fraction of sp³-hybridized carbons (Fsp3) is 0.0566. The first-order valence-electron chi connectivity index (χ1n) is 19.1. The zero-order valence-corrected chi connectivity index (χ0v) is 31.7. The van der Waals surface area contributed by atoms with E-state index in [0.717, 1.165) is 22.3 Å². The second kappa shape index (κ2) is 12.7. The van der Waals surface area contributed by atoms with Crippen LogP contribution in [0.2, 0.25) is 0 Å². The van der Waals surface area contributed by atoms with Crippen molar-refractivity contribution in [3.8, 4) is 44.5 Å². The highest BCUT2D eigenvalue weighted by atomic mass is 79.9. The largest absolute Gasteiger partial charge is 0.310 e. The summed E-state index contributed by atoms with van der Waals surface area (Å²) in [6, 6.07) is 60.8. The van der Waals surface area contributed by atoms with Crippen molar-refractivity contribution in [3.05, 3.63) is 238 Å². The van der Waals surface area contributed by atoms with Gasteiger partial charge in [0.15, 0.2) is 0 Å². The van der Waals surface area contributed by atoms with Gasteiger partial charge in [0.1, 0.15) is 0 Å². The maximum atomic E-state index is 3.89. The predicted octanol–water partition coefficient (Wildman–Crippen LogP) is 14.2. The Morgan fingerprint density at radius 3 is 1.87 bits per heavy atom. The van der Waals surface area contributed by atoms with Crippen molar-refractivity contribution in [2.75, 3.05) is 4.90 Å². The van der Waals surface area contributed by atoms with E-state index in [2.05, 4.69) is 221 Å². The number of allylic oxidation sites excluding steroid dienone is 7. The zero-order chi connectivity index (χ0) is 36.5. The minimum absolute atomic E-state index is 0.326. The Hall–Kier alpha value is -6.22. The standard InChI is InChI=1S/C53H36BrN/c54-39-27-29-44-42-21-9-11-23-47(42)53(49(44)33-39)48-24-12-10-22-43(48)45-30-28-40(34-50(45)53)55(51-25-13-19-36-18-7-8-20-41(36)51)52-31-26-38(35-14-3-1-4-15-35)32-46(52)37-16-5-2-6-17-37/h1-18,20-34,36H,19H2. The van der Waals surface area contributed by atoms with Gasteiger partial charge in [-0.2, -0.15) is 0 Å². The van der Waals surface area contributed by atoms with E-state index < -0.39 is 5.41 Å². The highest BCUT2D eigenvalue weighted by molar-refractivity contribution is 9.10. The second-order valence-electron chi connectivity index (χ2n) is 14.9. The fourth-order valence-corrected chi connectivity index (χ4v) is 10.1. The van der Waals surface area contributed by atoms with Gasteiger partial charge in [-0.1, -0.05) is 174 Å². The van der Waals surface area contributed by atoms with Crippen LogP contribution in [0, 0.1) is 5.92 Å². The number of hydrogen-bond acceptors (Lipinski definition) is 1. The average Bonchev–Trinajstić information content (AvgIpc) is 3.71. The quantitative estimate of drug-likeness (QED) is 0.169. The molecule has 0 aromatic heterocycles. The summed E-state index contributed by atoms with van der Waals surface area (Å²) in [7, 11) is 0. The number of rotatable bonds is 5. The summed E-state index contributed by atoms with van der Waals surface area (Å²) in [6.45, 7) is 0. The van der Waals surface area contributed by atoms with Crippen LogP contribution in [0.15, 0.2) is 216 Å². The molecule has 55 heavy (non-hydrogen) atoms. The summed E-state index contributed by atoms with van der Waals surface area (Å²) in [5.41, 5.74) is 19.7. The number of halogens is 1. The predicted molar refractivity (Wildman–Crippen MR) is 232 cm³/mol. The van der Waals surface area contributed by atoms with Crippen LogP contribution >= 0.6 is 15.9 Å². The lowest BCUT2D eigenvalue weighted by Gasteiger charge is -2.35. The topological polar surface area (TPSA) is 3.24 Å². The van der Waals surface area contributed by atoms with Crippen LogP contribution < -0.4 is 4.90 Å². The van der Waals surface area contributed by atoms with E-state index in [4.69, 9.17) is 0 Å². The van der Waals surface area contributed by atoms with Crippen molar-refractivity contribution in [1.29, 1.82) is 0 Å². The molecule has 2 atom stereocenters. The van der Waals surface area contributed by atoms with E-state index in [9.17, 15) is 0 Å². The van der Waals surface area contributed by atoms with E-state index in [-0.39, 0.29) is 0 Å². The van der Waals surface area contributed by atoms with Crippen LogP contribution in [-0.4, -0.2) is 0 Å². The molecule has 7 aromatic carbocycles. The number of fused-ring (bicyclic) bond motifs is 11. The summed E-state index contributed by atoms with van der Waals surface area (Å²) in [5, 5.41) is 0. The maximum absolute atomic E-state index is 3.89. The number of hydrogen-bond donors (Lipinski definition) is 0. The number of benzene rings is 7. The molecule has 0 aliphatic heterocycles. The summed E-state index contributed by atoms with van der Waals surface area (Å²) < 4.78 is 1.09. The molecule has 2 heteroatoms. The Morgan fingerprint density at radius 1 is 0.491 bits per heavy atom. The minimum Gasteiger partial charge on any atom is -0.310 e. The Bertz CT molecular complexity index is 2790. The van der Waals surface area contributed by atoms with Crippen molar-refractivity contribution in [3.63, 3.8) is 0 Å². The van der Waals surface area contributed by atoms with Gasteiger partial charge >= 0.3 is 0 Å². The van der Waals surface area contributed by atoms with Crippen LogP contribution in [0.4, 0.5) is 11.4 Å². The molecule has 4 aliphatic carbocycles. The van der Waals surface area contributed by atoms with Gasteiger partial charge in [0, 0.05) is 27.3 Å². The Morgan fingerprint density at radius 2 is 1.13 bits per heavy atom. The third-order valence-corrected chi connectivity index (χ3v) is 12.5. The first kappa shape index (κ1) is 32.2. The summed E-state index contributed by atoms with van der Waals surface area (Å²) in [4.78, 5) is 2.54. The molecular formula is C53H36BrN. The summed E-state index contributed by atoms with van der Waals surface area (Å²) >= 11 is 3.89. The molecule has 0 N–H and O–H groups in total. The number of nitrogens with zero attached hydrogens (tertiary/aromatic N) is 1. The molecule has 4 aliphatic rings. The zero-order valence-electron chi connectivity index (χ0n) is 30.2. The molecular weight excluding hydrogens is 730 g/mol. The Kier molecular flexibility index (Phi) is 7.44. The lowest BCUT2D eigenvalue weighted by Crippen LogP contribution is -2.27. The van der Waals surface area contributed by atoms with E-state index in [1.54, 1.807) is 0 Å². The van der Waals surface area contributed by atoms with Gasteiger partial charge < -0.3 is 4.90 Å². The van der Waals surface area contributed by atoms with Crippen molar-refractivity contribution in [2.45, 2.75) is 11.8 Å². The van der Waals surface area contributed by atoms with E-state index in [1.165, 1.54) is 78.0 Å². The average molecular weight is 767 g/mol. The van der Waals surface area contributed by atoms with Crippen molar-refractivity contribution >= 4 is 27.3 Å². The van der Waals surface area contributed by atoms with Gasteiger partial charge in [0.05, 0.1) is 11.1 Å². The molecule has 0 radical (unpaired) electrons. The Labute approximate surface area is 331 Å². The van der Waals surface area contributed by atoms with Crippen LogP contribution in [0.1, 0.15) is 28.7 Å². The maximum Gasteiger partial charge on any atom is 0.0726 e. The molecule has 260 valence electrons. The third kappa shape index (κ3) is 4.84. The van der Waals surface area contributed by atoms with Crippen molar-refractivity contribution < 1.29 is 0 Å². The molecule has 0 fully saturated rings. The molecule has 0 saturated carbocycles. The SMILES string of the molecule is Brc1ccc2c(c1)C1(c3ccccc3-2)c2ccccc2-c2ccc(N(C3=C4C=CC=CC4CC=C3)c3ccc(-c4ccccc4)cc3-c3ccccc3)cc21. The van der Waals surface area contributed by atoms with Crippen molar-refractivity contribution in [1.82, 2.24) is 0 Å².